The molecule has 2 N–H and O–H groups in total. The van der Waals surface area contributed by atoms with Crippen molar-refractivity contribution in [1.82, 2.24) is 0 Å². The standard InChI is InChI=1S/C14H26O4.Ba.2H/c1-2-3-4-5-6-7-8-9-10-11-12(13(15)16)14(17)18;;;/h12H,2-11H2,1H3,(H,15,16)(H,17,18);;;. The maximum atomic E-state index is 10.6. The molecule has 0 amide bonds. The van der Waals surface area contributed by atoms with Crippen LogP contribution in [-0.4, -0.2) is 71.0 Å². The number of hydrogen-bond donors (Lipinski definition) is 2. The van der Waals surface area contributed by atoms with E-state index in [1.54, 1.807) is 0 Å². The van der Waals surface area contributed by atoms with Gasteiger partial charge in [0.25, 0.3) is 0 Å². The molecule has 0 radical (unpaired) electrons. The first-order chi connectivity index (χ1) is 8.59. The molecule has 0 aromatic carbocycles. The summed E-state index contributed by atoms with van der Waals surface area (Å²) in [5.74, 6) is -3.67. The molecule has 0 bridgehead atoms. The van der Waals surface area contributed by atoms with E-state index in [1.165, 1.54) is 38.5 Å². The third-order valence-corrected chi connectivity index (χ3v) is 3.19. The van der Waals surface area contributed by atoms with Gasteiger partial charge in [0.1, 0.15) is 0 Å². The molecule has 0 saturated heterocycles. The molecule has 0 rings (SSSR count). The van der Waals surface area contributed by atoms with Crippen molar-refractivity contribution in [2.75, 3.05) is 0 Å². The fraction of sp³-hybridized carbons (Fsp3) is 0.857. The summed E-state index contributed by atoms with van der Waals surface area (Å²) in [6, 6.07) is 0. The van der Waals surface area contributed by atoms with E-state index in [1.807, 2.05) is 0 Å². The van der Waals surface area contributed by atoms with Crippen molar-refractivity contribution >= 4 is 60.8 Å². The third-order valence-electron chi connectivity index (χ3n) is 3.19. The molecule has 4 nitrogen and oxygen atoms in total. The Morgan fingerprint density at radius 3 is 1.53 bits per heavy atom. The molecule has 5 heteroatoms. The summed E-state index contributed by atoms with van der Waals surface area (Å²) in [6.07, 6.45) is 10.5. The summed E-state index contributed by atoms with van der Waals surface area (Å²) >= 11 is 0. The zero-order chi connectivity index (χ0) is 13.8. The first kappa shape index (κ1) is 21.8. The van der Waals surface area contributed by atoms with Crippen molar-refractivity contribution in [1.29, 1.82) is 0 Å². The molecular formula is C14H28BaO4. The number of carboxylic acids is 2. The van der Waals surface area contributed by atoms with Crippen LogP contribution in [0, 0.1) is 5.92 Å². The molecule has 0 spiro atoms. The Bertz CT molecular complexity index is 230. The van der Waals surface area contributed by atoms with Crippen LogP contribution in [-0.2, 0) is 9.59 Å². The molecule has 19 heavy (non-hydrogen) atoms. The van der Waals surface area contributed by atoms with E-state index < -0.39 is 17.9 Å². The quantitative estimate of drug-likeness (QED) is 0.302. The SMILES string of the molecule is CCCCCCCCCCCC(C(=O)O)C(=O)O.[BaH2]. The Morgan fingerprint density at radius 2 is 1.16 bits per heavy atom. The Balaban J connectivity index is 0. The van der Waals surface area contributed by atoms with E-state index in [-0.39, 0.29) is 55.3 Å². The summed E-state index contributed by atoms with van der Waals surface area (Å²) in [5.41, 5.74) is 0. The van der Waals surface area contributed by atoms with Crippen molar-refractivity contribution in [3.05, 3.63) is 0 Å². The van der Waals surface area contributed by atoms with Crippen LogP contribution < -0.4 is 0 Å². The first-order valence-corrected chi connectivity index (χ1v) is 7.05. The predicted molar refractivity (Wildman–Crippen MR) is 79.1 cm³/mol. The van der Waals surface area contributed by atoms with Crippen LogP contribution in [0.1, 0.15) is 71.1 Å². The molecule has 0 aromatic rings. The van der Waals surface area contributed by atoms with Gasteiger partial charge in [-0.3, -0.25) is 9.59 Å². The van der Waals surface area contributed by atoms with Crippen LogP contribution in [0.2, 0.25) is 0 Å². The Morgan fingerprint density at radius 1 is 0.789 bits per heavy atom. The third kappa shape index (κ3) is 13.3. The zero-order valence-electron chi connectivity index (χ0n) is 11.4. The van der Waals surface area contributed by atoms with Crippen LogP contribution in [0.15, 0.2) is 0 Å². The van der Waals surface area contributed by atoms with Gasteiger partial charge in [0.05, 0.1) is 0 Å². The van der Waals surface area contributed by atoms with E-state index in [2.05, 4.69) is 6.92 Å². The van der Waals surface area contributed by atoms with Crippen molar-refractivity contribution < 1.29 is 19.8 Å². The summed E-state index contributed by atoms with van der Waals surface area (Å²) < 4.78 is 0. The van der Waals surface area contributed by atoms with Crippen molar-refractivity contribution in [2.45, 2.75) is 71.1 Å². The van der Waals surface area contributed by atoms with Gasteiger partial charge >= 0.3 is 60.8 Å². The molecule has 0 aliphatic carbocycles. The van der Waals surface area contributed by atoms with Crippen molar-refractivity contribution in [3.63, 3.8) is 0 Å². The van der Waals surface area contributed by atoms with Crippen molar-refractivity contribution in [2.24, 2.45) is 5.92 Å². The average Bonchev–Trinajstić information content (AvgIpc) is 2.30. The van der Waals surface area contributed by atoms with E-state index >= 15 is 0 Å². The maximum absolute atomic E-state index is 10.6. The number of rotatable bonds is 12. The molecule has 0 aliphatic heterocycles. The normalized spacial score (nSPS) is 10.2. The van der Waals surface area contributed by atoms with Gasteiger partial charge in [0, 0.05) is 0 Å². The van der Waals surface area contributed by atoms with E-state index in [0.29, 0.717) is 6.42 Å². The van der Waals surface area contributed by atoms with Gasteiger partial charge in [-0.2, -0.15) is 0 Å². The Labute approximate surface area is 156 Å². The second-order valence-corrected chi connectivity index (χ2v) is 4.85. The van der Waals surface area contributed by atoms with Gasteiger partial charge in [-0.25, -0.2) is 0 Å². The second kappa shape index (κ2) is 14.9. The minimum absolute atomic E-state index is 0. The zero-order valence-corrected chi connectivity index (χ0v) is 11.4. The minimum atomic E-state index is -1.23. The fourth-order valence-corrected chi connectivity index (χ4v) is 2.01. The molecule has 0 saturated carbocycles. The van der Waals surface area contributed by atoms with Crippen LogP contribution in [0.3, 0.4) is 0 Å². The number of carbonyl (C=O) groups is 2. The summed E-state index contributed by atoms with van der Waals surface area (Å²) in [5, 5.41) is 17.4. The average molecular weight is 398 g/mol. The van der Waals surface area contributed by atoms with Crippen LogP contribution in [0.4, 0.5) is 0 Å². The van der Waals surface area contributed by atoms with Gasteiger partial charge < -0.3 is 10.2 Å². The Hall–Kier alpha value is 0.511. The number of aliphatic carboxylic acids is 2. The van der Waals surface area contributed by atoms with Crippen molar-refractivity contribution in [3.8, 4) is 0 Å². The van der Waals surface area contributed by atoms with E-state index in [9.17, 15) is 9.59 Å². The van der Waals surface area contributed by atoms with Gasteiger partial charge in [-0.1, -0.05) is 64.7 Å². The second-order valence-electron chi connectivity index (χ2n) is 4.85. The predicted octanol–water partition coefficient (Wildman–Crippen LogP) is 2.78. The Kier molecular flexibility index (Phi) is 17.1. The van der Waals surface area contributed by atoms with E-state index in [4.69, 9.17) is 10.2 Å². The molecule has 0 fully saturated rings. The van der Waals surface area contributed by atoms with Crippen LogP contribution >= 0.6 is 0 Å². The molecule has 0 unspecified atom stereocenters. The monoisotopic (exact) mass is 398 g/mol. The summed E-state index contributed by atoms with van der Waals surface area (Å²) in [7, 11) is 0. The van der Waals surface area contributed by atoms with E-state index in [0.717, 1.165) is 12.8 Å². The van der Waals surface area contributed by atoms with Crippen LogP contribution in [0.5, 0.6) is 0 Å². The fourth-order valence-electron chi connectivity index (χ4n) is 2.01. The molecule has 0 atom stereocenters. The first-order valence-electron chi connectivity index (χ1n) is 7.05. The number of carboxylic acid groups (broad SMARTS) is 2. The summed E-state index contributed by atoms with van der Waals surface area (Å²) in [4.78, 5) is 21.3. The summed E-state index contributed by atoms with van der Waals surface area (Å²) in [6.45, 7) is 2.20. The van der Waals surface area contributed by atoms with Gasteiger partial charge in [-0.15, -0.1) is 0 Å². The number of hydrogen-bond acceptors (Lipinski definition) is 2. The van der Waals surface area contributed by atoms with Gasteiger partial charge in [0.2, 0.25) is 0 Å². The van der Waals surface area contributed by atoms with Crippen LogP contribution in [0.25, 0.3) is 0 Å². The molecule has 0 aromatic heterocycles. The number of unbranched alkanes of at least 4 members (excludes halogenated alkanes) is 8. The molecule has 110 valence electrons. The van der Waals surface area contributed by atoms with Gasteiger partial charge in [-0.05, 0) is 6.42 Å². The molecular weight excluding hydrogens is 369 g/mol. The molecule has 0 heterocycles. The molecule has 0 aliphatic rings. The van der Waals surface area contributed by atoms with Gasteiger partial charge in [0.15, 0.2) is 5.92 Å². The topological polar surface area (TPSA) is 74.6 Å².